The maximum atomic E-state index is 2.37. The van der Waals surface area contributed by atoms with Gasteiger partial charge in [-0.1, -0.05) is 36.4 Å². The Labute approximate surface area is 152 Å². The third kappa shape index (κ3) is 3.58. The first-order valence-corrected chi connectivity index (χ1v) is 8.76. The fourth-order valence-electron chi connectivity index (χ4n) is 2.27. The molecule has 0 spiro atoms. The van der Waals surface area contributed by atoms with Gasteiger partial charge >= 0.3 is 0 Å². The topological polar surface area (TPSA) is 3.24 Å². The molecule has 0 aliphatic carbocycles. The highest BCUT2D eigenvalue weighted by Crippen LogP contribution is 2.35. The molecule has 104 valence electrons. The lowest BCUT2D eigenvalue weighted by atomic mass is 10.2. The van der Waals surface area contributed by atoms with E-state index < -0.39 is 0 Å². The summed E-state index contributed by atoms with van der Waals surface area (Å²) < 4.78 is 2.48. The highest BCUT2D eigenvalue weighted by molar-refractivity contribution is 14.1. The molecule has 3 aromatic rings. The van der Waals surface area contributed by atoms with Gasteiger partial charge in [0.05, 0.1) is 0 Å². The molecule has 0 saturated carbocycles. The molecule has 21 heavy (non-hydrogen) atoms. The van der Waals surface area contributed by atoms with Crippen molar-refractivity contribution in [2.45, 2.75) is 0 Å². The van der Waals surface area contributed by atoms with Crippen LogP contribution in [0, 0.1) is 7.14 Å². The van der Waals surface area contributed by atoms with E-state index in [-0.39, 0.29) is 0 Å². The first kappa shape index (κ1) is 14.8. The monoisotopic (exact) mass is 497 g/mol. The minimum Gasteiger partial charge on any atom is -0.310 e. The predicted molar refractivity (Wildman–Crippen MR) is 107 cm³/mol. The predicted octanol–water partition coefficient (Wildman–Crippen LogP) is 6.37. The fraction of sp³-hybridized carbons (Fsp3) is 0. The van der Waals surface area contributed by atoms with Crippen molar-refractivity contribution in [1.29, 1.82) is 0 Å². The summed E-state index contributed by atoms with van der Waals surface area (Å²) in [5.74, 6) is 0. The van der Waals surface area contributed by atoms with Crippen molar-refractivity contribution in [1.82, 2.24) is 0 Å². The summed E-state index contributed by atoms with van der Waals surface area (Å²) in [5.41, 5.74) is 3.52. The van der Waals surface area contributed by atoms with Gasteiger partial charge in [-0.2, -0.15) is 0 Å². The molecule has 0 aromatic heterocycles. The zero-order valence-corrected chi connectivity index (χ0v) is 15.5. The van der Waals surface area contributed by atoms with Crippen molar-refractivity contribution in [3.8, 4) is 0 Å². The van der Waals surface area contributed by atoms with E-state index in [4.69, 9.17) is 0 Å². The van der Waals surface area contributed by atoms with Gasteiger partial charge in [0.1, 0.15) is 0 Å². The third-order valence-electron chi connectivity index (χ3n) is 3.13. The van der Waals surface area contributed by atoms with Gasteiger partial charge in [0.15, 0.2) is 0 Å². The van der Waals surface area contributed by atoms with Crippen molar-refractivity contribution in [3.63, 3.8) is 0 Å². The molecule has 3 aromatic carbocycles. The summed E-state index contributed by atoms with van der Waals surface area (Å²) in [4.78, 5) is 2.28. The molecule has 0 saturated heterocycles. The number of halogens is 2. The van der Waals surface area contributed by atoms with Crippen LogP contribution in [0.1, 0.15) is 0 Å². The minimum absolute atomic E-state index is 1.17. The van der Waals surface area contributed by atoms with E-state index >= 15 is 0 Å². The van der Waals surface area contributed by atoms with Crippen LogP contribution in [0.2, 0.25) is 0 Å². The van der Waals surface area contributed by atoms with Gasteiger partial charge in [-0.05, 0) is 87.6 Å². The largest absolute Gasteiger partial charge is 0.310 e. The molecule has 3 rings (SSSR count). The molecule has 3 heteroatoms. The molecule has 0 fully saturated rings. The normalized spacial score (nSPS) is 10.4. The van der Waals surface area contributed by atoms with Gasteiger partial charge in [-0.25, -0.2) is 0 Å². The Morgan fingerprint density at radius 2 is 0.952 bits per heavy atom. The standard InChI is InChI=1S/C18H13I2N/c19-14-11-15(20)13-18(12-14)21(16-7-3-1-4-8-16)17-9-5-2-6-10-17/h1-13H. The molecule has 0 N–H and O–H groups in total. The molecule has 0 bridgehead atoms. The second-order valence-electron chi connectivity index (χ2n) is 4.63. The van der Waals surface area contributed by atoms with Crippen LogP contribution < -0.4 is 4.90 Å². The zero-order valence-electron chi connectivity index (χ0n) is 11.2. The number of para-hydroxylation sites is 2. The Morgan fingerprint density at radius 1 is 0.524 bits per heavy atom. The Morgan fingerprint density at radius 3 is 1.38 bits per heavy atom. The van der Waals surface area contributed by atoms with Gasteiger partial charge in [0.2, 0.25) is 0 Å². The number of hydrogen-bond acceptors (Lipinski definition) is 1. The lowest BCUT2D eigenvalue weighted by molar-refractivity contribution is 1.27. The molecule has 0 atom stereocenters. The summed E-state index contributed by atoms with van der Waals surface area (Å²) in [7, 11) is 0. The van der Waals surface area contributed by atoms with Crippen molar-refractivity contribution in [3.05, 3.63) is 86.0 Å². The summed E-state index contributed by atoms with van der Waals surface area (Å²) in [6, 6.07) is 27.5. The van der Waals surface area contributed by atoms with E-state index in [0.29, 0.717) is 0 Å². The second kappa shape index (κ2) is 6.79. The smallest absolute Gasteiger partial charge is 0.0482 e. The minimum atomic E-state index is 1.17. The van der Waals surface area contributed by atoms with Crippen LogP contribution in [-0.4, -0.2) is 0 Å². The van der Waals surface area contributed by atoms with Gasteiger partial charge in [0, 0.05) is 24.2 Å². The van der Waals surface area contributed by atoms with Gasteiger partial charge in [0.25, 0.3) is 0 Å². The summed E-state index contributed by atoms with van der Waals surface area (Å²) in [5, 5.41) is 0. The maximum absolute atomic E-state index is 2.37. The fourth-order valence-corrected chi connectivity index (χ4v) is 4.17. The number of benzene rings is 3. The molecule has 0 amide bonds. The number of nitrogens with zero attached hydrogens (tertiary/aromatic N) is 1. The molecular formula is C18H13I2N. The van der Waals surface area contributed by atoms with Crippen molar-refractivity contribution in [2.24, 2.45) is 0 Å². The quantitative estimate of drug-likeness (QED) is 0.381. The van der Waals surface area contributed by atoms with E-state index in [1.807, 2.05) is 12.1 Å². The molecular weight excluding hydrogens is 484 g/mol. The average molecular weight is 497 g/mol. The van der Waals surface area contributed by atoms with Gasteiger partial charge in [-0.15, -0.1) is 0 Å². The van der Waals surface area contributed by atoms with Crippen molar-refractivity contribution >= 4 is 62.2 Å². The SMILES string of the molecule is Ic1cc(I)cc(N(c2ccccc2)c2ccccc2)c1. The van der Waals surface area contributed by atoms with Gasteiger partial charge in [-0.3, -0.25) is 0 Å². The van der Waals surface area contributed by atoms with Crippen LogP contribution in [-0.2, 0) is 0 Å². The summed E-state index contributed by atoms with van der Waals surface area (Å²) in [6.07, 6.45) is 0. The second-order valence-corrected chi connectivity index (χ2v) is 7.13. The Balaban J connectivity index is 2.17. The molecule has 0 unspecified atom stereocenters. The first-order chi connectivity index (χ1) is 10.2. The van der Waals surface area contributed by atoms with Crippen molar-refractivity contribution < 1.29 is 0 Å². The van der Waals surface area contributed by atoms with Crippen LogP contribution in [0.5, 0.6) is 0 Å². The Hall–Kier alpha value is -1.08. The molecule has 0 aliphatic heterocycles. The lowest BCUT2D eigenvalue weighted by Crippen LogP contribution is -2.10. The Kier molecular flexibility index (Phi) is 4.80. The molecule has 0 heterocycles. The van der Waals surface area contributed by atoms with E-state index in [1.165, 1.54) is 24.2 Å². The van der Waals surface area contributed by atoms with Crippen molar-refractivity contribution in [2.75, 3.05) is 4.90 Å². The van der Waals surface area contributed by atoms with Gasteiger partial charge < -0.3 is 4.90 Å². The van der Waals surface area contributed by atoms with E-state index in [0.717, 1.165) is 0 Å². The molecule has 0 aliphatic rings. The third-order valence-corrected chi connectivity index (χ3v) is 4.38. The highest BCUT2D eigenvalue weighted by atomic mass is 127. The Bertz CT molecular complexity index is 667. The molecule has 0 radical (unpaired) electrons. The number of rotatable bonds is 3. The first-order valence-electron chi connectivity index (χ1n) is 6.60. The van der Waals surface area contributed by atoms with Crippen LogP contribution in [0.4, 0.5) is 17.1 Å². The van der Waals surface area contributed by atoms with Crippen LogP contribution in [0.15, 0.2) is 78.9 Å². The molecule has 1 nitrogen and oxygen atoms in total. The van der Waals surface area contributed by atoms with E-state index in [9.17, 15) is 0 Å². The van der Waals surface area contributed by atoms with Crippen LogP contribution in [0.3, 0.4) is 0 Å². The van der Waals surface area contributed by atoms with Crippen LogP contribution >= 0.6 is 45.2 Å². The lowest BCUT2D eigenvalue weighted by Gasteiger charge is -2.25. The average Bonchev–Trinajstić information content (AvgIpc) is 2.49. The summed E-state index contributed by atoms with van der Waals surface area (Å²) >= 11 is 4.74. The zero-order chi connectivity index (χ0) is 14.7. The number of hydrogen-bond donors (Lipinski definition) is 0. The highest BCUT2D eigenvalue weighted by Gasteiger charge is 2.12. The maximum Gasteiger partial charge on any atom is 0.0482 e. The van der Waals surface area contributed by atoms with E-state index in [2.05, 4.69) is 117 Å². The van der Waals surface area contributed by atoms with Crippen LogP contribution in [0.25, 0.3) is 0 Å². The number of anilines is 3. The van der Waals surface area contributed by atoms with E-state index in [1.54, 1.807) is 0 Å². The summed E-state index contributed by atoms with van der Waals surface area (Å²) in [6.45, 7) is 0.